The van der Waals surface area contributed by atoms with Gasteiger partial charge >= 0.3 is 0 Å². The molecule has 1 aromatic carbocycles. The van der Waals surface area contributed by atoms with E-state index in [9.17, 15) is 0 Å². The summed E-state index contributed by atoms with van der Waals surface area (Å²) in [5, 5.41) is 0. The molecular weight excluding hydrogens is 195 g/mol. The van der Waals surface area contributed by atoms with Crippen LogP contribution < -0.4 is 0 Å². The molecule has 1 atom stereocenters. The monoisotopic (exact) mass is 212 g/mol. The van der Waals surface area contributed by atoms with Crippen molar-refractivity contribution < 1.29 is 0 Å². The van der Waals surface area contributed by atoms with Crippen molar-refractivity contribution in [2.45, 2.75) is 25.0 Å². The molecule has 0 nitrogen and oxygen atoms in total. The fourth-order valence-corrected chi connectivity index (χ4v) is 1.69. The second kappa shape index (κ2) is 6.49. The zero-order valence-electron chi connectivity index (χ0n) is 8.66. The summed E-state index contributed by atoms with van der Waals surface area (Å²) in [5.41, 5.74) is 1.49. The van der Waals surface area contributed by atoms with Crippen LogP contribution >= 0.6 is 12.4 Å². The summed E-state index contributed by atoms with van der Waals surface area (Å²) in [7, 11) is 0. The Morgan fingerprint density at radius 3 is 2.15 bits per heavy atom. The Morgan fingerprint density at radius 1 is 1.15 bits per heavy atom. The molecule has 0 N–H and O–H groups in total. The van der Waals surface area contributed by atoms with Crippen molar-refractivity contribution in [3.63, 3.8) is 0 Å². The molecule has 1 unspecified atom stereocenters. The minimum atomic E-state index is 0. The first-order chi connectivity index (χ1) is 5.70. The molecule has 0 aromatic heterocycles. The molecule has 13 heavy (non-hydrogen) atoms. The summed E-state index contributed by atoms with van der Waals surface area (Å²) in [5.74, 6) is 0.844. The minimum Gasteiger partial charge on any atom is -0.147 e. The van der Waals surface area contributed by atoms with Gasteiger partial charge in [-0.3, -0.25) is 0 Å². The maximum Gasteiger partial charge on any atom is 0.217 e. The van der Waals surface area contributed by atoms with E-state index in [-0.39, 0.29) is 12.4 Å². The van der Waals surface area contributed by atoms with Crippen LogP contribution in [0.2, 0.25) is 4.78 Å². The topological polar surface area (TPSA) is 0 Å². The molecule has 1 aromatic rings. The number of rotatable bonds is 3. The summed E-state index contributed by atoms with van der Waals surface area (Å²) >= 11 is 1.31. The van der Waals surface area contributed by atoms with Crippen LogP contribution in [0.1, 0.15) is 19.4 Å². The van der Waals surface area contributed by atoms with Crippen LogP contribution in [-0.2, 0) is 6.42 Å². The second-order valence-corrected chi connectivity index (χ2v) is 5.39. The Balaban J connectivity index is 0.00000144. The van der Waals surface area contributed by atoms with Gasteiger partial charge in [0.2, 0.25) is 16.3 Å². The van der Waals surface area contributed by atoms with E-state index in [1.54, 1.807) is 0 Å². The molecule has 0 fully saturated rings. The number of benzene rings is 1. The first-order valence-corrected chi connectivity index (χ1v) is 5.89. The Labute approximate surface area is 95.6 Å². The van der Waals surface area contributed by atoms with Crippen LogP contribution in [0.3, 0.4) is 0 Å². The zero-order valence-corrected chi connectivity index (χ0v) is 11.5. The van der Waals surface area contributed by atoms with Crippen molar-refractivity contribution in [3.05, 3.63) is 35.9 Å². The van der Waals surface area contributed by atoms with Gasteiger partial charge in [0.05, 0.1) is 0 Å². The van der Waals surface area contributed by atoms with Gasteiger partial charge in [0.15, 0.2) is 0 Å². The van der Waals surface area contributed by atoms with Crippen LogP contribution in [0.25, 0.3) is 0 Å². The maximum absolute atomic E-state index is 2.32. The van der Waals surface area contributed by atoms with Gasteiger partial charge in [-0.15, -0.1) is 12.4 Å². The van der Waals surface area contributed by atoms with Crippen molar-refractivity contribution >= 4 is 28.7 Å². The van der Waals surface area contributed by atoms with Gasteiger partial charge in [-0.05, 0) is 12.0 Å². The lowest BCUT2D eigenvalue weighted by molar-refractivity contribution is 0.586. The van der Waals surface area contributed by atoms with Crippen molar-refractivity contribution in [1.29, 1.82) is 0 Å². The normalized spacial score (nSPS) is 12.2. The Kier molecular flexibility index (Phi) is 6.51. The summed E-state index contributed by atoms with van der Waals surface area (Å²) in [6.45, 7) is 4.64. The Morgan fingerprint density at radius 2 is 1.69 bits per heavy atom. The molecule has 0 saturated carbocycles. The van der Waals surface area contributed by atoms with E-state index >= 15 is 0 Å². The molecular formula is C11H18AlCl. The Hall–Kier alpha value is 0.0425. The first-order valence-electron chi connectivity index (χ1n) is 4.74. The SMILES string of the molecule is CC(C)[CH]([AlH2])Cc1ccccc1.Cl. The number of hydrogen-bond acceptors (Lipinski definition) is 0. The maximum atomic E-state index is 2.32. The van der Waals surface area contributed by atoms with Crippen LogP contribution in [0.4, 0.5) is 0 Å². The molecule has 0 aliphatic heterocycles. The van der Waals surface area contributed by atoms with E-state index < -0.39 is 0 Å². The van der Waals surface area contributed by atoms with E-state index in [1.165, 1.54) is 28.3 Å². The lowest BCUT2D eigenvalue weighted by Gasteiger charge is -2.15. The third-order valence-electron chi connectivity index (χ3n) is 2.54. The summed E-state index contributed by atoms with van der Waals surface area (Å²) < 4.78 is 0.924. The highest BCUT2D eigenvalue weighted by molar-refractivity contribution is 6.11. The Bertz CT molecular complexity index is 221. The molecule has 72 valence electrons. The van der Waals surface area contributed by atoms with Gasteiger partial charge in [-0.2, -0.15) is 0 Å². The summed E-state index contributed by atoms with van der Waals surface area (Å²) in [6.07, 6.45) is 1.27. The molecule has 0 bridgehead atoms. The van der Waals surface area contributed by atoms with Gasteiger partial charge in [-0.1, -0.05) is 54.9 Å². The second-order valence-electron chi connectivity index (χ2n) is 3.91. The van der Waals surface area contributed by atoms with E-state index in [4.69, 9.17) is 0 Å². The van der Waals surface area contributed by atoms with Crippen LogP contribution in [0, 0.1) is 5.92 Å². The van der Waals surface area contributed by atoms with Crippen molar-refractivity contribution in [3.8, 4) is 0 Å². The van der Waals surface area contributed by atoms with Gasteiger partial charge in [0.25, 0.3) is 0 Å². The van der Waals surface area contributed by atoms with E-state index in [0.29, 0.717) is 0 Å². The molecule has 1 rings (SSSR count). The molecule has 0 radical (unpaired) electrons. The van der Waals surface area contributed by atoms with E-state index in [0.717, 1.165) is 10.7 Å². The lowest BCUT2D eigenvalue weighted by Crippen LogP contribution is -2.04. The highest BCUT2D eigenvalue weighted by Crippen LogP contribution is 2.18. The van der Waals surface area contributed by atoms with E-state index in [1.807, 2.05) is 0 Å². The minimum absolute atomic E-state index is 0. The molecule has 0 aliphatic carbocycles. The average molecular weight is 213 g/mol. The quantitative estimate of drug-likeness (QED) is 0.676. The molecule has 0 spiro atoms. The van der Waals surface area contributed by atoms with Gasteiger partial charge < -0.3 is 0 Å². The molecule has 0 amide bonds. The third-order valence-corrected chi connectivity index (χ3v) is 4.28. The average Bonchev–Trinajstić information content (AvgIpc) is 2.06. The number of hydrogen-bond donors (Lipinski definition) is 0. The number of halogens is 1. The predicted octanol–water partition coefficient (Wildman–Crippen LogP) is 2.73. The zero-order chi connectivity index (χ0) is 8.97. The summed E-state index contributed by atoms with van der Waals surface area (Å²) in [6, 6.07) is 10.8. The predicted molar refractivity (Wildman–Crippen MR) is 64.5 cm³/mol. The molecule has 2 heteroatoms. The highest BCUT2D eigenvalue weighted by Gasteiger charge is 2.07. The summed E-state index contributed by atoms with van der Waals surface area (Å²) in [4.78, 5) is 0. The van der Waals surface area contributed by atoms with Crippen LogP contribution in [0.5, 0.6) is 0 Å². The lowest BCUT2D eigenvalue weighted by atomic mass is 10.0. The van der Waals surface area contributed by atoms with E-state index in [2.05, 4.69) is 44.2 Å². The fourth-order valence-electron chi connectivity index (χ4n) is 1.22. The standard InChI is InChI=1S/C11H15.Al.ClH.2H/c1-10(2)8-9-11-6-4-3-5-7-11;;;;/h3-8,10H,9H2,1-2H3;;1H;;. The van der Waals surface area contributed by atoms with Crippen LogP contribution in [-0.4, -0.2) is 16.3 Å². The van der Waals surface area contributed by atoms with Crippen molar-refractivity contribution in [1.82, 2.24) is 0 Å². The largest absolute Gasteiger partial charge is 0.217 e. The van der Waals surface area contributed by atoms with Gasteiger partial charge in [0, 0.05) is 0 Å². The van der Waals surface area contributed by atoms with Gasteiger partial charge in [-0.25, -0.2) is 0 Å². The fraction of sp³-hybridized carbons (Fsp3) is 0.455. The van der Waals surface area contributed by atoms with Crippen molar-refractivity contribution in [2.75, 3.05) is 0 Å². The third kappa shape index (κ3) is 4.72. The molecule has 0 aliphatic rings. The smallest absolute Gasteiger partial charge is 0.147 e. The molecule has 0 saturated heterocycles. The first kappa shape index (κ1) is 13.0. The van der Waals surface area contributed by atoms with Gasteiger partial charge in [0.1, 0.15) is 0 Å². The molecule has 0 heterocycles. The van der Waals surface area contributed by atoms with Crippen LogP contribution in [0.15, 0.2) is 30.3 Å². The van der Waals surface area contributed by atoms with Crippen molar-refractivity contribution in [2.24, 2.45) is 5.92 Å². The highest BCUT2D eigenvalue weighted by atomic mass is 35.5.